The number of hydrogen-bond acceptors (Lipinski definition) is 7. The Kier molecular flexibility index (Phi) is 7.04. The summed E-state index contributed by atoms with van der Waals surface area (Å²) < 4.78 is 15.9. The van der Waals surface area contributed by atoms with Crippen molar-refractivity contribution < 1.29 is 9.47 Å². The first kappa shape index (κ1) is 19.6. The first-order chi connectivity index (χ1) is 13.2. The minimum atomic E-state index is 0.673. The van der Waals surface area contributed by atoms with Crippen LogP contribution in [0.5, 0.6) is 11.5 Å². The summed E-state index contributed by atoms with van der Waals surface area (Å²) in [5.74, 6) is 3.22. The zero-order valence-electron chi connectivity index (χ0n) is 15.0. The zero-order chi connectivity index (χ0) is 19.1. The molecule has 0 spiro atoms. The molecular weight excluding hydrogens is 396 g/mol. The van der Waals surface area contributed by atoms with Gasteiger partial charge in [0, 0.05) is 11.5 Å². The van der Waals surface area contributed by atoms with Crippen LogP contribution in [0, 0.1) is 11.3 Å². The van der Waals surface area contributed by atoms with E-state index in [0.29, 0.717) is 5.56 Å². The number of ether oxygens (including phenoxy) is 2. The lowest BCUT2D eigenvalue weighted by Crippen LogP contribution is -1.86. The third kappa shape index (κ3) is 5.19. The first-order valence-corrected chi connectivity index (χ1v) is 10.9. The molecule has 0 unspecified atom stereocenters. The molecule has 0 saturated heterocycles. The van der Waals surface area contributed by atoms with Crippen molar-refractivity contribution in [2.24, 2.45) is 0 Å². The molecule has 4 nitrogen and oxygen atoms in total. The molecule has 7 heteroatoms. The van der Waals surface area contributed by atoms with Gasteiger partial charge in [-0.3, -0.25) is 0 Å². The summed E-state index contributed by atoms with van der Waals surface area (Å²) in [5, 5.41) is 10.4. The molecule has 0 aliphatic heterocycles. The molecule has 138 valence electrons. The summed E-state index contributed by atoms with van der Waals surface area (Å²) >= 11 is 4.62. The average molecular weight is 415 g/mol. The molecule has 0 bridgehead atoms. The number of thioether (sulfide) groups is 2. The fraction of sp³-hybridized carbons (Fsp3) is 0.200. The molecule has 2 aromatic carbocycles. The number of benzene rings is 2. The van der Waals surface area contributed by atoms with Gasteiger partial charge in [-0.05, 0) is 46.9 Å². The molecule has 3 aromatic rings. The van der Waals surface area contributed by atoms with Crippen LogP contribution in [0.3, 0.4) is 0 Å². The van der Waals surface area contributed by atoms with Gasteiger partial charge in [0.05, 0.1) is 18.4 Å². The summed E-state index contributed by atoms with van der Waals surface area (Å²) in [6, 6.07) is 18.2. The summed E-state index contributed by atoms with van der Waals surface area (Å²) in [5.41, 5.74) is 3.00. The number of aromatic nitrogens is 1. The van der Waals surface area contributed by atoms with Crippen LogP contribution in [0.15, 0.2) is 57.8 Å². The van der Waals surface area contributed by atoms with E-state index in [-0.39, 0.29) is 0 Å². The second-order valence-electron chi connectivity index (χ2n) is 5.54. The van der Waals surface area contributed by atoms with E-state index in [0.717, 1.165) is 37.8 Å². The highest BCUT2D eigenvalue weighted by Gasteiger charge is 2.15. The maximum atomic E-state index is 9.59. The SMILES string of the molecule is COc1ccc(CSc2nsc(SCc3cccc(OC)c3)c2C#N)cc1. The highest BCUT2D eigenvalue weighted by Crippen LogP contribution is 2.37. The van der Waals surface area contributed by atoms with Crippen LogP contribution >= 0.6 is 35.1 Å². The minimum absolute atomic E-state index is 0.673. The standard InChI is InChI=1S/C20H18N2O2S3/c1-23-16-8-6-14(7-9-16)12-25-19-18(11-21)20(27-22-19)26-13-15-4-3-5-17(10-15)24-2/h3-10H,12-13H2,1-2H3. The molecule has 0 atom stereocenters. The molecule has 0 aliphatic rings. The van der Waals surface area contributed by atoms with Crippen molar-refractivity contribution in [2.75, 3.05) is 14.2 Å². The van der Waals surface area contributed by atoms with Crippen molar-refractivity contribution in [3.05, 3.63) is 65.2 Å². The predicted molar refractivity (Wildman–Crippen MR) is 112 cm³/mol. The predicted octanol–water partition coefficient (Wildman–Crippen LogP) is 5.62. The van der Waals surface area contributed by atoms with Gasteiger partial charge in [0.2, 0.25) is 0 Å². The molecular formula is C20H18N2O2S3. The summed E-state index contributed by atoms with van der Waals surface area (Å²) in [7, 11) is 3.32. The van der Waals surface area contributed by atoms with Gasteiger partial charge < -0.3 is 9.47 Å². The Balaban J connectivity index is 1.64. The molecule has 0 radical (unpaired) electrons. The van der Waals surface area contributed by atoms with Crippen molar-refractivity contribution in [2.45, 2.75) is 20.7 Å². The topological polar surface area (TPSA) is 55.1 Å². The first-order valence-electron chi connectivity index (χ1n) is 8.14. The number of rotatable bonds is 8. The molecule has 27 heavy (non-hydrogen) atoms. The van der Waals surface area contributed by atoms with E-state index < -0.39 is 0 Å². The fourth-order valence-electron chi connectivity index (χ4n) is 2.34. The van der Waals surface area contributed by atoms with Crippen LogP contribution in [0.1, 0.15) is 16.7 Å². The second-order valence-corrected chi connectivity index (χ2v) is 8.52. The van der Waals surface area contributed by atoms with E-state index >= 15 is 0 Å². The van der Waals surface area contributed by atoms with Gasteiger partial charge in [-0.25, -0.2) is 0 Å². The minimum Gasteiger partial charge on any atom is -0.497 e. The zero-order valence-corrected chi connectivity index (χ0v) is 17.4. The van der Waals surface area contributed by atoms with Gasteiger partial charge in [-0.1, -0.05) is 36.0 Å². The van der Waals surface area contributed by atoms with Crippen LogP contribution in [-0.2, 0) is 11.5 Å². The van der Waals surface area contributed by atoms with Crippen molar-refractivity contribution in [3.63, 3.8) is 0 Å². The van der Waals surface area contributed by atoms with Gasteiger partial charge in [0.15, 0.2) is 0 Å². The molecule has 3 rings (SSSR count). The van der Waals surface area contributed by atoms with E-state index in [1.54, 1.807) is 37.7 Å². The van der Waals surface area contributed by atoms with Gasteiger partial charge in [0.1, 0.15) is 28.2 Å². The maximum Gasteiger partial charge on any atom is 0.129 e. The monoisotopic (exact) mass is 414 g/mol. The highest BCUT2D eigenvalue weighted by molar-refractivity contribution is 8.00. The Morgan fingerprint density at radius 1 is 0.963 bits per heavy atom. The number of nitrogens with zero attached hydrogens (tertiary/aromatic N) is 2. The quantitative estimate of drug-likeness (QED) is 0.446. The molecule has 0 amide bonds. The van der Waals surface area contributed by atoms with E-state index in [1.165, 1.54) is 17.1 Å². The van der Waals surface area contributed by atoms with Crippen molar-refractivity contribution >= 4 is 35.1 Å². The van der Waals surface area contributed by atoms with Gasteiger partial charge >= 0.3 is 0 Å². The maximum absolute atomic E-state index is 9.59. The lowest BCUT2D eigenvalue weighted by atomic mass is 10.2. The molecule has 0 fully saturated rings. The number of nitriles is 1. The summed E-state index contributed by atoms with van der Waals surface area (Å²) in [6.45, 7) is 0. The van der Waals surface area contributed by atoms with E-state index in [1.807, 2.05) is 42.5 Å². The van der Waals surface area contributed by atoms with Crippen molar-refractivity contribution in [1.82, 2.24) is 4.37 Å². The van der Waals surface area contributed by atoms with Gasteiger partial charge in [-0.15, -0.1) is 11.8 Å². The molecule has 0 aliphatic carbocycles. The Hall–Kier alpha value is -2.14. The Morgan fingerprint density at radius 2 is 1.70 bits per heavy atom. The van der Waals surface area contributed by atoms with Gasteiger partial charge in [0.25, 0.3) is 0 Å². The smallest absolute Gasteiger partial charge is 0.129 e. The van der Waals surface area contributed by atoms with E-state index in [2.05, 4.69) is 16.5 Å². The summed E-state index contributed by atoms with van der Waals surface area (Å²) in [4.78, 5) is 0. The van der Waals surface area contributed by atoms with Gasteiger partial charge in [-0.2, -0.15) is 9.64 Å². The summed E-state index contributed by atoms with van der Waals surface area (Å²) in [6.07, 6.45) is 0. The third-order valence-corrected chi connectivity index (χ3v) is 7.11. The number of methoxy groups -OCH3 is 2. The van der Waals surface area contributed by atoms with E-state index in [9.17, 15) is 5.26 Å². The van der Waals surface area contributed by atoms with Crippen LogP contribution in [0.4, 0.5) is 0 Å². The molecule has 0 saturated carbocycles. The third-order valence-electron chi connectivity index (χ3n) is 3.78. The Morgan fingerprint density at radius 3 is 2.41 bits per heavy atom. The number of hydrogen-bond donors (Lipinski definition) is 0. The highest BCUT2D eigenvalue weighted by atomic mass is 32.2. The van der Waals surface area contributed by atoms with Crippen molar-refractivity contribution in [1.29, 1.82) is 5.26 Å². The van der Waals surface area contributed by atoms with Crippen LogP contribution < -0.4 is 9.47 Å². The van der Waals surface area contributed by atoms with E-state index in [4.69, 9.17) is 9.47 Å². The van der Waals surface area contributed by atoms with Crippen LogP contribution in [0.2, 0.25) is 0 Å². The Labute approximate surface area is 171 Å². The van der Waals surface area contributed by atoms with Crippen molar-refractivity contribution in [3.8, 4) is 17.6 Å². The Bertz CT molecular complexity index is 933. The lowest BCUT2D eigenvalue weighted by Gasteiger charge is -2.04. The lowest BCUT2D eigenvalue weighted by molar-refractivity contribution is 0.414. The molecule has 1 heterocycles. The largest absolute Gasteiger partial charge is 0.497 e. The van der Waals surface area contributed by atoms with Crippen LogP contribution in [0.25, 0.3) is 0 Å². The van der Waals surface area contributed by atoms with Crippen LogP contribution in [-0.4, -0.2) is 18.6 Å². The molecule has 0 N–H and O–H groups in total. The fourth-order valence-corrected chi connectivity index (χ4v) is 5.33. The second kappa shape index (κ2) is 9.70. The normalized spacial score (nSPS) is 10.4. The molecule has 1 aromatic heterocycles. The average Bonchev–Trinajstić information content (AvgIpc) is 3.13.